The fourth-order valence-corrected chi connectivity index (χ4v) is 4.07. The number of hydrogen-bond donors (Lipinski definition) is 1. The molecule has 22 heavy (non-hydrogen) atoms. The molecule has 1 aliphatic rings. The number of carbonyl (C=O) groups is 2. The van der Waals surface area contributed by atoms with E-state index in [1.807, 2.05) is 12.1 Å². The van der Waals surface area contributed by atoms with Crippen LogP contribution in [-0.2, 0) is 4.79 Å². The third kappa shape index (κ3) is 3.55. The van der Waals surface area contributed by atoms with E-state index in [4.69, 9.17) is 11.2 Å². The summed E-state index contributed by atoms with van der Waals surface area (Å²) in [5.74, 6) is 2.83. The lowest BCUT2D eigenvalue weighted by atomic mass is 10.2. The van der Waals surface area contributed by atoms with Gasteiger partial charge in [0.15, 0.2) is 0 Å². The van der Waals surface area contributed by atoms with E-state index in [0.717, 1.165) is 23.4 Å². The molecule has 0 spiro atoms. The normalized spacial score (nSPS) is 15.9. The molecule has 2 rings (SSSR count). The van der Waals surface area contributed by atoms with Gasteiger partial charge in [0.25, 0.3) is 5.91 Å². The molecule has 1 aliphatic heterocycles. The standard InChI is InChI=1S/C15H12I2N2O3/c1-3-5-22-13-10(16)6-9(7-11(13)17)8-12-14(20)19(4-2)15(21)18-12/h1,6-8H,4-5H2,2H3,(H,18,21)/b12-8+. The number of carbonyl (C=O) groups excluding carboxylic acids is 2. The predicted molar refractivity (Wildman–Crippen MR) is 100 cm³/mol. The van der Waals surface area contributed by atoms with Gasteiger partial charge in [-0.3, -0.25) is 9.69 Å². The molecule has 1 fully saturated rings. The SMILES string of the molecule is C#CCOc1c(I)cc(/C=C2/NC(=O)N(CC)C2=O)cc1I. The molecule has 0 aliphatic carbocycles. The van der Waals surface area contributed by atoms with Gasteiger partial charge in [0.1, 0.15) is 18.1 Å². The van der Waals surface area contributed by atoms with Crippen LogP contribution in [-0.4, -0.2) is 30.0 Å². The third-order valence-corrected chi connectivity index (χ3v) is 4.51. The minimum atomic E-state index is -0.392. The average Bonchev–Trinajstić information content (AvgIpc) is 2.72. The first kappa shape index (κ1) is 17.1. The van der Waals surface area contributed by atoms with E-state index in [-0.39, 0.29) is 18.2 Å². The van der Waals surface area contributed by atoms with Gasteiger partial charge < -0.3 is 10.1 Å². The molecule has 1 saturated heterocycles. The molecule has 1 aromatic carbocycles. The Labute approximate surface area is 155 Å². The van der Waals surface area contributed by atoms with Crippen LogP contribution < -0.4 is 10.1 Å². The first-order chi connectivity index (χ1) is 10.5. The Morgan fingerprint density at radius 2 is 2.00 bits per heavy atom. The van der Waals surface area contributed by atoms with Crippen molar-refractivity contribution >= 4 is 63.2 Å². The molecular formula is C15H12I2N2O3. The second-order valence-corrected chi connectivity index (χ2v) is 6.67. The lowest BCUT2D eigenvalue weighted by Crippen LogP contribution is -2.30. The number of halogens is 2. The fourth-order valence-electron chi connectivity index (χ4n) is 1.94. The van der Waals surface area contributed by atoms with Crippen molar-refractivity contribution in [3.05, 3.63) is 30.5 Å². The van der Waals surface area contributed by atoms with Gasteiger partial charge in [-0.1, -0.05) is 5.92 Å². The van der Waals surface area contributed by atoms with Crippen molar-refractivity contribution in [2.45, 2.75) is 6.92 Å². The van der Waals surface area contributed by atoms with Gasteiger partial charge in [0.2, 0.25) is 0 Å². The van der Waals surface area contributed by atoms with Gasteiger partial charge in [0.05, 0.1) is 7.14 Å². The summed E-state index contributed by atoms with van der Waals surface area (Å²) in [6.07, 6.45) is 6.86. The van der Waals surface area contributed by atoms with Gasteiger partial charge in [0, 0.05) is 6.54 Å². The van der Waals surface area contributed by atoms with Crippen LogP contribution in [0.15, 0.2) is 17.8 Å². The van der Waals surface area contributed by atoms with E-state index < -0.39 is 6.03 Å². The topological polar surface area (TPSA) is 58.6 Å². The lowest BCUT2D eigenvalue weighted by molar-refractivity contribution is -0.122. The zero-order valence-electron chi connectivity index (χ0n) is 11.7. The Morgan fingerprint density at radius 1 is 1.36 bits per heavy atom. The van der Waals surface area contributed by atoms with Crippen LogP contribution in [0.25, 0.3) is 6.08 Å². The number of benzene rings is 1. The molecule has 0 radical (unpaired) electrons. The van der Waals surface area contributed by atoms with Crippen LogP contribution in [0.1, 0.15) is 12.5 Å². The number of imide groups is 1. The molecule has 114 valence electrons. The number of likely N-dealkylation sites (N-methyl/N-ethyl adjacent to an activating group) is 1. The number of nitrogens with one attached hydrogen (secondary N) is 1. The minimum absolute atomic E-state index is 0.201. The summed E-state index contributed by atoms with van der Waals surface area (Å²) in [4.78, 5) is 24.8. The molecule has 0 unspecified atom stereocenters. The summed E-state index contributed by atoms with van der Waals surface area (Å²) in [6.45, 7) is 2.30. The Bertz CT molecular complexity index is 684. The van der Waals surface area contributed by atoms with Crippen LogP contribution in [0.5, 0.6) is 5.75 Å². The highest BCUT2D eigenvalue weighted by Crippen LogP contribution is 2.30. The zero-order valence-corrected chi connectivity index (χ0v) is 16.0. The van der Waals surface area contributed by atoms with Crippen molar-refractivity contribution in [2.24, 2.45) is 0 Å². The monoisotopic (exact) mass is 522 g/mol. The highest BCUT2D eigenvalue weighted by atomic mass is 127. The summed E-state index contributed by atoms with van der Waals surface area (Å²) in [5.41, 5.74) is 1.08. The molecule has 3 amide bonds. The van der Waals surface area contributed by atoms with Crippen LogP contribution >= 0.6 is 45.2 Å². The Kier molecular flexibility index (Phi) is 5.69. The second kappa shape index (κ2) is 7.32. The summed E-state index contributed by atoms with van der Waals surface area (Å²) < 4.78 is 7.27. The molecule has 0 aromatic heterocycles. The quantitative estimate of drug-likeness (QED) is 0.287. The van der Waals surface area contributed by atoms with Gasteiger partial charge >= 0.3 is 6.03 Å². The largest absolute Gasteiger partial charge is 0.479 e. The third-order valence-electron chi connectivity index (χ3n) is 2.91. The van der Waals surface area contributed by atoms with Gasteiger partial charge in [-0.15, -0.1) is 6.42 Å². The van der Waals surface area contributed by atoms with Crippen LogP contribution in [0, 0.1) is 19.5 Å². The number of terminal acetylenes is 1. The zero-order chi connectivity index (χ0) is 16.3. The Hall–Kier alpha value is -1.28. The highest BCUT2D eigenvalue weighted by molar-refractivity contribution is 14.1. The molecule has 7 heteroatoms. The van der Waals surface area contributed by atoms with Crippen molar-refractivity contribution < 1.29 is 14.3 Å². The van der Waals surface area contributed by atoms with Crippen LogP contribution in [0.3, 0.4) is 0 Å². The molecule has 0 bridgehead atoms. The van der Waals surface area contributed by atoms with E-state index in [2.05, 4.69) is 56.4 Å². The number of rotatable bonds is 4. The van der Waals surface area contributed by atoms with Crippen molar-refractivity contribution in [3.8, 4) is 18.1 Å². The maximum Gasteiger partial charge on any atom is 0.328 e. The molecule has 0 saturated carbocycles. The van der Waals surface area contributed by atoms with E-state index in [9.17, 15) is 9.59 Å². The first-order valence-corrected chi connectivity index (χ1v) is 8.53. The summed E-state index contributed by atoms with van der Waals surface area (Å²) in [7, 11) is 0. The van der Waals surface area contributed by atoms with E-state index in [0.29, 0.717) is 6.54 Å². The first-order valence-electron chi connectivity index (χ1n) is 6.37. The summed E-state index contributed by atoms with van der Waals surface area (Å²) in [6, 6.07) is 3.35. The van der Waals surface area contributed by atoms with Gasteiger partial charge in [-0.2, -0.15) is 0 Å². The molecule has 1 N–H and O–H groups in total. The number of ether oxygens (including phenoxy) is 1. The van der Waals surface area contributed by atoms with Crippen LogP contribution in [0.2, 0.25) is 0 Å². The van der Waals surface area contributed by atoms with Crippen molar-refractivity contribution in [3.63, 3.8) is 0 Å². The second-order valence-electron chi connectivity index (χ2n) is 4.34. The maximum absolute atomic E-state index is 12.1. The summed E-state index contributed by atoms with van der Waals surface area (Å²) >= 11 is 4.30. The van der Waals surface area contributed by atoms with Crippen molar-refractivity contribution in [2.75, 3.05) is 13.2 Å². The summed E-state index contributed by atoms with van der Waals surface area (Å²) in [5, 5.41) is 2.58. The molecule has 1 aromatic rings. The molecule has 0 atom stereocenters. The number of hydrogen-bond acceptors (Lipinski definition) is 3. The van der Waals surface area contributed by atoms with Crippen molar-refractivity contribution in [1.82, 2.24) is 10.2 Å². The smallest absolute Gasteiger partial charge is 0.328 e. The van der Waals surface area contributed by atoms with Gasteiger partial charge in [-0.25, -0.2) is 4.79 Å². The fraction of sp³-hybridized carbons (Fsp3) is 0.200. The Morgan fingerprint density at radius 3 is 2.50 bits per heavy atom. The lowest BCUT2D eigenvalue weighted by Gasteiger charge is -2.09. The molecule has 1 heterocycles. The number of urea groups is 1. The number of nitrogens with zero attached hydrogens (tertiary/aromatic N) is 1. The maximum atomic E-state index is 12.1. The highest BCUT2D eigenvalue weighted by Gasteiger charge is 2.32. The van der Waals surface area contributed by atoms with Gasteiger partial charge in [-0.05, 0) is 75.9 Å². The molecule has 5 nitrogen and oxygen atoms in total. The van der Waals surface area contributed by atoms with Crippen LogP contribution in [0.4, 0.5) is 4.79 Å². The minimum Gasteiger partial charge on any atom is -0.479 e. The Balaban J connectivity index is 2.32. The predicted octanol–water partition coefficient (Wildman–Crippen LogP) is 2.82. The van der Waals surface area contributed by atoms with E-state index in [1.54, 1.807) is 13.0 Å². The van der Waals surface area contributed by atoms with E-state index >= 15 is 0 Å². The molecular weight excluding hydrogens is 510 g/mol. The number of amides is 3. The van der Waals surface area contributed by atoms with Crippen molar-refractivity contribution in [1.29, 1.82) is 0 Å². The van der Waals surface area contributed by atoms with E-state index in [1.165, 1.54) is 0 Å². The average molecular weight is 522 g/mol.